The highest BCUT2D eigenvalue weighted by molar-refractivity contribution is 7.13. The van der Waals surface area contributed by atoms with Gasteiger partial charge in [-0.15, -0.1) is 11.3 Å². The lowest BCUT2D eigenvalue weighted by Crippen LogP contribution is -1.89. The Morgan fingerprint density at radius 1 is 1.14 bits per heavy atom. The molecule has 0 saturated carbocycles. The van der Waals surface area contributed by atoms with E-state index in [4.69, 9.17) is 15.5 Å². The number of nitrogens with zero attached hydrogens (tertiary/aromatic N) is 1. The first-order valence-electron chi connectivity index (χ1n) is 6.64. The van der Waals surface area contributed by atoms with Gasteiger partial charge in [0.2, 0.25) is 0 Å². The summed E-state index contributed by atoms with van der Waals surface area (Å²) in [4.78, 5) is 4.72. The maximum Gasteiger partial charge on any atom is 0.128 e. The number of aromatic nitrogens is 1. The predicted octanol–water partition coefficient (Wildman–Crippen LogP) is 4.38. The highest BCUT2D eigenvalue weighted by Gasteiger charge is 2.11. The number of benzene rings is 2. The fourth-order valence-corrected chi connectivity index (χ4v) is 3.04. The zero-order valence-corrected chi connectivity index (χ0v) is 12.8. The van der Waals surface area contributed by atoms with Crippen molar-refractivity contribution in [2.75, 3.05) is 12.8 Å². The molecule has 4 heteroatoms. The van der Waals surface area contributed by atoms with Crippen LogP contribution in [0.15, 0.2) is 47.8 Å². The van der Waals surface area contributed by atoms with Gasteiger partial charge in [-0.25, -0.2) is 4.98 Å². The van der Waals surface area contributed by atoms with Crippen LogP contribution in [0.4, 0.5) is 5.69 Å². The van der Waals surface area contributed by atoms with Gasteiger partial charge >= 0.3 is 0 Å². The van der Waals surface area contributed by atoms with Crippen LogP contribution in [0.1, 0.15) is 5.56 Å². The summed E-state index contributed by atoms with van der Waals surface area (Å²) >= 11 is 1.61. The van der Waals surface area contributed by atoms with Crippen LogP contribution in [-0.4, -0.2) is 12.1 Å². The number of aryl methyl sites for hydroxylation is 1. The second-order valence-corrected chi connectivity index (χ2v) is 5.73. The SMILES string of the molecule is COc1ccc(C)cc1-c1csc(-c2cccc(N)c2)n1. The summed E-state index contributed by atoms with van der Waals surface area (Å²) in [5.41, 5.74) is 10.8. The lowest BCUT2D eigenvalue weighted by molar-refractivity contribution is 0.416. The Labute approximate surface area is 128 Å². The number of nitrogen functional groups attached to an aromatic ring is 1. The van der Waals surface area contributed by atoms with Crippen LogP contribution in [0.5, 0.6) is 5.75 Å². The van der Waals surface area contributed by atoms with Gasteiger partial charge in [-0.1, -0.05) is 23.8 Å². The van der Waals surface area contributed by atoms with E-state index in [1.807, 2.05) is 36.4 Å². The molecule has 0 radical (unpaired) electrons. The van der Waals surface area contributed by atoms with Gasteiger partial charge < -0.3 is 10.5 Å². The van der Waals surface area contributed by atoms with Crippen LogP contribution in [0.2, 0.25) is 0 Å². The molecule has 0 aliphatic rings. The van der Waals surface area contributed by atoms with E-state index in [-0.39, 0.29) is 0 Å². The molecule has 3 aromatic rings. The van der Waals surface area contributed by atoms with E-state index >= 15 is 0 Å². The summed E-state index contributed by atoms with van der Waals surface area (Å²) in [6.07, 6.45) is 0. The Hall–Kier alpha value is -2.33. The zero-order chi connectivity index (χ0) is 14.8. The number of hydrogen-bond acceptors (Lipinski definition) is 4. The molecule has 1 aromatic heterocycles. The average Bonchev–Trinajstić information content (AvgIpc) is 2.97. The number of rotatable bonds is 3. The quantitative estimate of drug-likeness (QED) is 0.730. The second kappa shape index (κ2) is 5.58. The van der Waals surface area contributed by atoms with Crippen molar-refractivity contribution in [3.63, 3.8) is 0 Å². The largest absolute Gasteiger partial charge is 0.496 e. The van der Waals surface area contributed by atoms with Crippen LogP contribution < -0.4 is 10.5 Å². The Bertz CT molecular complexity index is 780. The van der Waals surface area contributed by atoms with E-state index in [2.05, 4.69) is 18.4 Å². The first-order chi connectivity index (χ1) is 10.2. The van der Waals surface area contributed by atoms with Gasteiger partial charge in [0.25, 0.3) is 0 Å². The summed E-state index contributed by atoms with van der Waals surface area (Å²) in [5, 5.41) is 3.01. The molecule has 21 heavy (non-hydrogen) atoms. The summed E-state index contributed by atoms with van der Waals surface area (Å²) in [7, 11) is 1.68. The minimum atomic E-state index is 0.748. The van der Waals surface area contributed by atoms with Crippen molar-refractivity contribution in [2.45, 2.75) is 6.92 Å². The fourth-order valence-electron chi connectivity index (χ4n) is 2.22. The lowest BCUT2D eigenvalue weighted by atomic mass is 10.1. The van der Waals surface area contributed by atoms with E-state index in [0.717, 1.165) is 33.3 Å². The molecule has 0 bridgehead atoms. The molecule has 0 fully saturated rings. The molecule has 106 valence electrons. The van der Waals surface area contributed by atoms with E-state index in [0.29, 0.717) is 0 Å². The summed E-state index contributed by atoms with van der Waals surface area (Å²) in [6.45, 7) is 2.06. The minimum absolute atomic E-state index is 0.748. The number of thiazole rings is 1. The van der Waals surface area contributed by atoms with Crippen molar-refractivity contribution in [1.82, 2.24) is 4.98 Å². The first kappa shape index (κ1) is 13.6. The third-order valence-corrected chi connectivity index (χ3v) is 4.16. The van der Waals surface area contributed by atoms with E-state index in [1.165, 1.54) is 5.56 Å². The van der Waals surface area contributed by atoms with Gasteiger partial charge in [0.15, 0.2) is 0 Å². The Morgan fingerprint density at radius 2 is 2.00 bits per heavy atom. The number of nitrogens with two attached hydrogens (primary N) is 1. The predicted molar refractivity (Wildman–Crippen MR) is 88.7 cm³/mol. The van der Waals surface area contributed by atoms with Crippen LogP contribution in [0.25, 0.3) is 21.8 Å². The molecule has 0 saturated heterocycles. The maximum atomic E-state index is 5.84. The molecular formula is C17H16N2OS. The highest BCUT2D eigenvalue weighted by atomic mass is 32.1. The topological polar surface area (TPSA) is 48.1 Å². The molecule has 0 atom stereocenters. The number of ether oxygens (including phenoxy) is 1. The van der Waals surface area contributed by atoms with Crippen LogP contribution in [0.3, 0.4) is 0 Å². The normalized spacial score (nSPS) is 10.6. The molecular weight excluding hydrogens is 280 g/mol. The Balaban J connectivity index is 2.04. The number of methoxy groups -OCH3 is 1. The number of hydrogen-bond donors (Lipinski definition) is 1. The standard InChI is InChI=1S/C17H16N2OS/c1-11-6-7-16(20-2)14(8-11)15-10-21-17(19-15)12-4-3-5-13(18)9-12/h3-10H,18H2,1-2H3. The van der Waals surface area contributed by atoms with Crippen LogP contribution >= 0.6 is 11.3 Å². The Morgan fingerprint density at radius 3 is 2.76 bits per heavy atom. The first-order valence-corrected chi connectivity index (χ1v) is 7.52. The molecule has 3 nitrogen and oxygen atoms in total. The monoisotopic (exact) mass is 296 g/mol. The van der Waals surface area contributed by atoms with Crippen molar-refractivity contribution < 1.29 is 4.74 Å². The van der Waals surface area contributed by atoms with Gasteiger partial charge in [0.05, 0.1) is 12.8 Å². The number of anilines is 1. The highest BCUT2D eigenvalue weighted by Crippen LogP contribution is 2.34. The van der Waals surface area contributed by atoms with Crippen LogP contribution in [0, 0.1) is 6.92 Å². The molecule has 0 amide bonds. The van der Waals surface area contributed by atoms with E-state index in [9.17, 15) is 0 Å². The van der Waals surface area contributed by atoms with Gasteiger partial charge in [-0.2, -0.15) is 0 Å². The van der Waals surface area contributed by atoms with Crippen molar-refractivity contribution >= 4 is 17.0 Å². The molecule has 0 aliphatic heterocycles. The van der Waals surface area contributed by atoms with Gasteiger partial charge in [0, 0.05) is 22.2 Å². The van der Waals surface area contributed by atoms with Crippen molar-refractivity contribution in [2.24, 2.45) is 0 Å². The summed E-state index contributed by atoms with van der Waals surface area (Å²) < 4.78 is 5.43. The van der Waals surface area contributed by atoms with E-state index < -0.39 is 0 Å². The van der Waals surface area contributed by atoms with E-state index in [1.54, 1.807) is 18.4 Å². The molecule has 0 spiro atoms. The molecule has 2 aromatic carbocycles. The molecule has 0 aliphatic carbocycles. The molecule has 1 heterocycles. The van der Waals surface area contributed by atoms with Gasteiger partial charge in [0.1, 0.15) is 10.8 Å². The second-order valence-electron chi connectivity index (χ2n) is 4.87. The fraction of sp³-hybridized carbons (Fsp3) is 0.118. The van der Waals surface area contributed by atoms with Crippen molar-refractivity contribution in [1.29, 1.82) is 0 Å². The van der Waals surface area contributed by atoms with Crippen LogP contribution in [-0.2, 0) is 0 Å². The maximum absolute atomic E-state index is 5.84. The Kier molecular flexibility index (Phi) is 3.62. The molecule has 2 N–H and O–H groups in total. The zero-order valence-electron chi connectivity index (χ0n) is 12.0. The summed E-state index contributed by atoms with van der Waals surface area (Å²) in [5.74, 6) is 0.838. The average molecular weight is 296 g/mol. The minimum Gasteiger partial charge on any atom is -0.496 e. The summed E-state index contributed by atoms with van der Waals surface area (Å²) in [6, 6.07) is 13.9. The third kappa shape index (κ3) is 2.76. The lowest BCUT2D eigenvalue weighted by Gasteiger charge is -2.07. The van der Waals surface area contributed by atoms with Gasteiger partial charge in [-0.05, 0) is 31.2 Å². The molecule has 3 rings (SSSR count). The van der Waals surface area contributed by atoms with Crippen molar-refractivity contribution in [3.8, 4) is 27.6 Å². The van der Waals surface area contributed by atoms with Crippen molar-refractivity contribution in [3.05, 3.63) is 53.4 Å². The molecule has 0 unspecified atom stereocenters. The van der Waals surface area contributed by atoms with Gasteiger partial charge in [-0.3, -0.25) is 0 Å². The smallest absolute Gasteiger partial charge is 0.128 e. The third-order valence-electron chi connectivity index (χ3n) is 3.27.